The fourth-order valence-corrected chi connectivity index (χ4v) is 4.55. The predicted octanol–water partition coefficient (Wildman–Crippen LogP) is -1.00. The van der Waals surface area contributed by atoms with Gasteiger partial charge in [0.25, 0.3) is 0 Å². The highest BCUT2D eigenvalue weighted by atomic mass is 127. The fraction of sp³-hybridized carbons (Fsp3) is 0.345. The average Bonchev–Trinajstić information content (AvgIpc) is 2.84. The van der Waals surface area contributed by atoms with Crippen molar-refractivity contribution < 1.29 is 62.1 Å². The Kier molecular flexibility index (Phi) is 13.4. The Morgan fingerprint density at radius 3 is 1.92 bits per heavy atom. The number of hydrogen-bond donors (Lipinski definition) is 3. The molecule has 0 saturated carbocycles. The third-order valence-corrected chi connectivity index (χ3v) is 6.83. The topological polar surface area (TPSA) is 76.1 Å². The number of aliphatic hydroxyl groups is 1. The Bertz CT molecular complexity index is 1240. The van der Waals surface area contributed by atoms with E-state index in [2.05, 4.69) is 80.1 Å². The molecule has 0 saturated heterocycles. The minimum atomic E-state index is 0. The number of pyridine rings is 1. The van der Waals surface area contributed by atoms with Gasteiger partial charge < -0.3 is 69.0 Å². The number of nitrogens with zero attached hydrogens (tertiary/aromatic N) is 2. The minimum absolute atomic E-state index is 0. The first-order valence-corrected chi connectivity index (χ1v) is 12.3. The van der Waals surface area contributed by atoms with Crippen molar-refractivity contribution in [2.24, 2.45) is 0 Å². The third-order valence-electron chi connectivity index (χ3n) is 6.83. The van der Waals surface area contributed by atoms with Crippen LogP contribution < -0.4 is 64.0 Å². The highest BCUT2D eigenvalue weighted by Crippen LogP contribution is 2.33. The lowest BCUT2D eigenvalue weighted by molar-refractivity contribution is -0.908. The third kappa shape index (κ3) is 7.43. The first kappa shape index (κ1) is 32.3. The van der Waals surface area contributed by atoms with E-state index < -0.39 is 0 Å². The number of nitrogens with two attached hydrogens (primary N) is 2. The van der Waals surface area contributed by atoms with Crippen LogP contribution in [0.2, 0.25) is 0 Å². The van der Waals surface area contributed by atoms with Crippen LogP contribution in [0, 0.1) is 0 Å². The molecule has 0 atom stereocenters. The smallest absolute Gasteiger partial charge is 0.220 e. The second-order valence-corrected chi connectivity index (χ2v) is 9.09. The maximum atomic E-state index is 7.57. The summed E-state index contributed by atoms with van der Waals surface area (Å²) in [4.78, 5) is 0. The van der Waals surface area contributed by atoms with Gasteiger partial charge in [-0.2, -0.15) is 4.57 Å². The number of quaternary nitrogens is 1. The SMILES string of the molecule is CCO.CC[N+](C)(CC)CCC[n+]1c(-c2ccccc2)c2cc(N)ccc2c2ccc(N)cc21.[I-].[I-]. The minimum Gasteiger partial charge on any atom is -1.00 e. The molecule has 1 heterocycles. The number of aliphatic hydroxyl groups excluding tert-OH is 1. The number of halogens is 2. The zero-order valence-electron chi connectivity index (χ0n) is 21.8. The lowest BCUT2D eigenvalue weighted by Crippen LogP contribution is -3.00. The molecule has 196 valence electrons. The molecule has 1 aromatic heterocycles. The molecule has 0 radical (unpaired) electrons. The number of hydrogen-bond acceptors (Lipinski definition) is 3. The van der Waals surface area contributed by atoms with Gasteiger partial charge in [0.05, 0.1) is 43.9 Å². The van der Waals surface area contributed by atoms with Crippen molar-refractivity contribution in [1.82, 2.24) is 0 Å². The predicted molar refractivity (Wildman–Crippen MR) is 145 cm³/mol. The quantitative estimate of drug-likeness (QED) is 0.0757. The maximum Gasteiger partial charge on any atom is 0.220 e. The zero-order valence-corrected chi connectivity index (χ0v) is 26.2. The number of anilines is 2. The van der Waals surface area contributed by atoms with E-state index >= 15 is 0 Å². The molecule has 3 aromatic carbocycles. The van der Waals surface area contributed by atoms with E-state index in [1.54, 1.807) is 6.92 Å². The fourth-order valence-electron chi connectivity index (χ4n) is 4.55. The zero-order chi connectivity index (χ0) is 24.7. The molecule has 0 unspecified atom stereocenters. The Morgan fingerprint density at radius 1 is 0.778 bits per heavy atom. The van der Waals surface area contributed by atoms with Gasteiger partial charge in [-0.05, 0) is 57.2 Å². The molecule has 0 bridgehead atoms. The molecule has 4 aromatic rings. The van der Waals surface area contributed by atoms with Crippen molar-refractivity contribution in [2.75, 3.05) is 44.8 Å². The van der Waals surface area contributed by atoms with Gasteiger partial charge in [-0.1, -0.05) is 24.3 Å². The van der Waals surface area contributed by atoms with Gasteiger partial charge in [0.1, 0.15) is 0 Å². The monoisotopic (exact) mass is 714 g/mol. The van der Waals surface area contributed by atoms with Gasteiger partial charge in [-0.3, -0.25) is 0 Å². The van der Waals surface area contributed by atoms with Gasteiger partial charge >= 0.3 is 0 Å². The molecule has 0 fully saturated rings. The van der Waals surface area contributed by atoms with Crippen LogP contribution >= 0.6 is 0 Å². The second kappa shape index (κ2) is 14.9. The Hall–Kier alpha value is -1.69. The van der Waals surface area contributed by atoms with Gasteiger partial charge in [0.2, 0.25) is 11.2 Å². The van der Waals surface area contributed by atoms with Crippen LogP contribution in [0.5, 0.6) is 0 Å². The average molecular weight is 714 g/mol. The van der Waals surface area contributed by atoms with Crippen LogP contribution in [0.3, 0.4) is 0 Å². The summed E-state index contributed by atoms with van der Waals surface area (Å²) in [6.07, 6.45) is 1.10. The molecular weight excluding hydrogens is 674 g/mol. The Balaban J connectivity index is 0.00000123. The van der Waals surface area contributed by atoms with E-state index in [0.29, 0.717) is 0 Å². The van der Waals surface area contributed by atoms with Crippen molar-refractivity contribution in [3.8, 4) is 11.3 Å². The summed E-state index contributed by atoms with van der Waals surface area (Å²) in [5.74, 6) is 0. The maximum absolute atomic E-state index is 7.57. The number of nitrogen functional groups attached to an aromatic ring is 2. The highest BCUT2D eigenvalue weighted by Gasteiger charge is 2.25. The van der Waals surface area contributed by atoms with Gasteiger partial charge in [0.15, 0.2) is 6.54 Å². The van der Waals surface area contributed by atoms with Gasteiger partial charge in [0, 0.05) is 35.0 Å². The lowest BCUT2D eigenvalue weighted by atomic mass is 9.98. The molecular formula is C29H40I2N4O. The summed E-state index contributed by atoms with van der Waals surface area (Å²) in [5.41, 5.74) is 17.7. The molecule has 0 spiro atoms. The molecule has 7 heteroatoms. The summed E-state index contributed by atoms with van der Waals surface area (Å²) in [6, 6.07) is 23.1. The standard InChI is InChI=1S/C27H33N4.C2H6O.2HI/c1-4-31(3,5-2)17-9-16-30-26-19-22(29)13-15-24(26)23-14-12-21(28)18-25(23)27(30)20-10-7-6-8-11-20;1-2-3;;/h6-8,10-15,18-19,29H,4-5,9,16-17,28H2,1-3H3;3H,2H2,1H3;2*1H/q+1;;;/p-1. The van der Waals surface area contributed by atoms with Crippen LogP contribution in [0.15, 0.2) is 66.7 Å². The Morgan fingerprint density at radius 2 is 1.33 bits per heavy atom. The van der Waals surface area contributed by atoms with E-state index in [-0.39, 0.29) is 54.6 Å². The molecule has 5 nitrogen and oxygen atoms in total. The number of fused-ring (bicyclic) bond motifs is 3. The summed E-state index contributed by atoms with van der Waals surface area (Å²) in [6.45, 7) is 10.9. The molecule has 0 aliphatic carbocycles. The number of aromatic nitrogens is 1. The summed E-state index contributed by atoms with van der Waals surface area (Å²) < 4.78 is 3.54. The van der Waals surface area contributed by atoms with E-state index in [0.717, 1.165) is 48.5 Å². The normalized spacial score (nSPS) is 10.8. The Labute approximate surface area is 250 Å². The van der Waals surface area contributed by atoms with E-state index in [1.807, 2.05) is 12.1 Å². The van der Waals surface area contributed by atoms with E-state index in [9.17, 15) is 0 Å². The van der Waals surface area contributed by atoms with Crippen LogP contribution in [0.25, 0.3) is 32.9 Å². The number of aryl methyl sites for hydroxylation is 1. The van der Waals surface area contributed by atoms with Crippen molar-refractivity contribution in [1.29, 1.82) is 0 Å². The molecule has 0 aliphatic heterocycles. The summed E-state index contributed by atoms with van der Waals surface area (Å²) >= 11 is 0. The van der Waals surface area contributed by atoms with E-state index in [4.69, 9.17) is 16.6 Å². The van der Waals surface area contributed by atoms with Crippen LogP contribution in [0.1, 0.15) is 27.2 Å². The molecule has 0 amide bonds. The van der Waals surface area contributed by atoms with Gasteiger partial charge in [-0.25, -0.2) is 0 Å². The van der Waals surface area contributed by atoms with Crippen molar-refractivity contribution in [2.45, 2.75) is 33.7 Å². The molecule has 5 N–H and O–H groups in total. The van der Waals surface area contributed by atoms with Crippen LogP contribution in [-0.2, 0) is 6.54 Å². The molecule has 4 rings (SSSR count). The number of benzene rings is 3. The first-order chi connectivity index (χ1) is 16.4. The largest absolute Gasteiger partial charge is 1.00 e. The van der Waals surface area contributed by atoms with Crippen molar-refractivity contribution in [3.63, 3.8) is 0 Å². The van der Waals surface area contributed by atoms with E-state index in [1.165, 1.54) is 32.9 Å². The van der Waals surface area contributed by atoms with Gasteiger partial charge in [-0.15, -0.1) is 0 Å². The van der Waals surface area contributed by atoms with Crippen molar-refractivity contribution >= 4 is 33.1 Å². The van der Waals surface area contributed by atoms with Crippen LogP contribution in [0.4, 0.5) is 11.4 Å². The second-order valence-electron chi connectivity index (χ2n) is 9.09. The highest BCUT2D eigenvalue weighted by molar-refractivity contribution is 6.10. The number of rotatable bonds is 7. The summed E-state index contributed by atoms with van der Waals surface area (Å²) in [5, 5.41) is 11.2. The van der Waals surface area contributed by atoms with Crippen LogP contribution in [-0.4, -0.2) is 42.9 Å². The first-order valence-electron chi connectivity index (χ1n) is 12.3. The summed E-state index contributed by atoms with van der Waals surface area (Å²) in [7, 11) is 2.35. The molecule has 36 heavy (non-hydrogen) atoms. The lowest BCUT2D eigenvalue weighted by Gasteiger charge is -2.31. The molecule has 0 aliphatic rings. The van der Waals surface area contributed by atoms with Crippen molar-refractivity contribution in [3.05, 3.63) is 66.7 Å².